The van der Waals surface area contributed by atoms with E-state index in [1.165, 1.54) is 27.8 Å². The van der Waals surface area contributed by atoms with Crippen molar-refractivity contribution in [2.24, 2.45) is 0 Å². The van der Waals surface area contributed by atoms with Crippen LogP contribution in [0.15, 0.2) is 34.5 Å². The largest absolute Gasteiger partial charge is 0.462 e. The Morgan fingerprint density at radius 2 is 1.94 bits per heavy atom. The molecular weight excluding hydrogens is 436 g/mol. The summed E-state index contributed by atoms with van der Waals surface area (Å²) in [5, 5.41) is 5.14. The number of nitrogens with zero attached hydrogens (tertiary/aromatic N) is 1. The fourth-order valence-corrected chi connectivity index (χ4v) is 6.39. The smallest absolute Gasteiger partial charge is 0.341 e. The van der Waals surface area contributed by atoms with Gasteiger partial charge in [0.05, 0.1) is 17.1 Å². The van der Waals surface area contributed by atoms with Crippen molar-refractivity contribution in [3.63, 3.8) is 0 Å². The van der Waals surface area contributed by atoms with Crippen molar-refractivity contribution in [2.45, 2.75) is 49.8 Å². The van der Waals surface area contributed by atoms with Gasteiger partial charge in [-0.3, -0.25) is 4.79 Å². The third-order valence-corrected chi connectivity index (χ3v) is 8.40. The lowest BCUT2D eigenvalue weighted by atomic mass is 10.1. The lowest BCUT2D eigenvalue weighted by Gasteiger charge is -2.26. The Kier molecular flexibility index (Phi) is 6.45. The minimum absolute atomic E-state index is 0.109. The Morgan fingerprint density at radius 1 is 1.19 bits per heavy atom. The van der Waals surface area contributed by atoms with Crippen LogP contribution in [0.5, 0.6) is 0 Å². The first-order valence-electron chi connectivity index (χ1n) is 10.6. The van der Waals surface area contributed by atoms with Gasteiger partial charge in [-0.1, -0.05) is 12.5 Å². The predicted molar refractivity (Wildman–Crippen MR) is 119 cm³/mol. The molecule has 1 aromatic carbocycles. The maximum Gasteiger partial charge on any atom is 0.341 e. The summed E-state index contributed by atoms with van der Waals surface area (Å²) < 4.78 is 32.6. The normalized spacial score (nSPS) is 17.3. The molecule has 31 heavy (non-hydrogen) atoms. The van der Waals surface area contributed by atoms with E-state index in [0.29, 0.717) is 29.6 Å². The van der Waals surface area contributed by atoms with Gasteiger partial charge >= 0.3 is 5.97 Å². The molecule has 0 radical (unpaired) electrons. The van der Waals surface area contributed by atoms with Crippen molar-refractivity contribution in [1.82, 2.24) is 4.31 Å². The van der Waals surface area contributed by atoms with Crippen molar-refractivity contribution in [3.05, 3.63) is 46.3 Å². The Labute approximate surface area is 186 Å². The first-order chi connectivity index (χ1) is 14.9. The van der Waals surface area contributed by atoms with Crippen LogP contribution in [0.25, 0.3) is 0 Å². The minimum atomic E-state index is -3.64. The lowest BCUT2D eigenvalue weighted by molar-refractivity contribution is 0.0527. The summed E-state index contributed by atoms with van der Waals surface area (Å²) in [6.07, 6.45) is 4.76. The fourth-order valence-electron chi connectivity index (χ4n) is 3.80. The Hall–Kier alpha value is -2.23. The maximum atomic E-state index is 13.0. The minimum Gasteiger partial charge on any atom is -0.462 e. The zero-order valence-corrected chi connectivity index (χ0v) is 19.1. The zero-order chi connectivity index (χ0) is 22.0. The number of ether oxygens (including phenoxy) is 1. The van der Waals surface area contributed by atoms with Gasteiger partial charge in [0.2, 0.25) is 10.0 Å². The van der Waals surface area contributed by atoms with Crippen LogP contribution in [0, 0.1) is 0 Å². The number of benzene rings is 1. The molecule has 166 valence electrons. The van der Waals surface area contributed by atoms with Crippen molar-refractivity contribution >= 4 is 38.2 Å². The van der Waals surface area contributed by atoms with Crippen molar-refractivity contribution in [2.75, 3.05) is 25.0 Å². The highest BCUT2D eigenvalue weighted by atomic mass is 32.2. The van der Waals surface area contributed by atoms with Crippen LogP contribution in [0.1, 0.15) is 71.2 Å². The monoisotopic (exact) mass is 462 g/mol. The van der Waals surface area contributed by atoms with E-state index in [9.17, 15) is 18.0 Å². The topological polar surface area (TPSA) is 92.8 Å². The molecule has 4 rings (SSSR count). The molecular formula is C22H26N2O5S2. The molecule has 1 saturated carbocycles. The van der Waals surface area contributed by atoms with Crippen LogP contribution in [-0.4, -0.2) is 44.3 Å². The van der Waals surface area contributed by atoms with E-state index in [0.717, 1.165) is 37.7 Å². The van der Waals surface area contributed by atoms with E-state index in [1.807, 2.05) is 5.38 Å². The summed E-state index contributed by atoms with van der Waals surface area (Å²) in [5.41, 5.74) is 1.56. The summed E-state index contributed by atoms with van der Waals surface area (Å²) in [7, 11) is -3.64. The van der Waals surface area contributed by atoms with Crippen molar-refractivity contribution in [1.29, 1.82) is 0 Å². The SMILES string of the molecule is CCOC(=O)c1c(C2CC2)csc1NC(=O)c1cccc(S(=O)(=O)N2CCCCC2)c1. The molecule has 7 nitrogen and oxygen atoms in total. The van der Waals surface area contributed by atoms with Crippen molar-refractivity contribution in [3.8, 4) is 0 Å². The highest BCUT2D eigenvalue weighted by Gasteiger charge is 2.32. The third kappa shape index (κ3) is 4.68. The van der Waals surface area contributed by atoms with Gasteiger partial charge in [-0.2, -0.15) is 4.31 Å². The highest BCUT2D eigenvalue weighted by molar-refractivity contribution is 7.89. The van der Waals surface area contributed by atoms with Crippen LogP contribution in [0.4, 0.5) is 5.00 Å². The average Bonchev–Trinajstić information content (AvgIpc) is 3.54. The molecule has 2 aromatic rings. The number of hydrogen-bond donors (Lipinski definition) is 1. The second-order valence-corrected chi connectivity index (χ2v) is 10.7. The van der Waals surface area contributed by atoms with Crippen LogP contribution >= 0.6 is 11.3 Å². The van der Waals surface area contributed by atoms with E-state index < -0.39 is 21.9 Å². The van der Waals surface area contributed by atoms with E-state index in [4.69, 9.17) is 4.74 Å². The van der Waals surface area contributed by atoms with Gasteiger partial charge in [0.1, 0.15) is 5.00 Å². The summed E-state index contributed by atoms with van der Waals surface area (Å²) in [6.45, 7) is 3.00. The van der Waals surface area contributed by atoms with Gasteiger partial charge in [0, 0.05) is 18.7 Å². The van der Waals surface area contributed by atoms with Crippen LogP contribution in [0.3, 0.4) is 0 Å². The van der Waals surface area contributed by atoms with Crippen LogP contribution in [0.2, 0.25) is 0 Å². The van der Waals surface area contributed by atoms with Crippen LogP contribution in [-0.2, 0) is 14.8 Å². The molecule has 1 N–H and O–H groups in total. The molecule has 0 unspecified atom stereocenters. The van der Waals surface area contributed by atoms with E-state index in [1.54, 1.807) is 19.1 Å². The first kappa shape index (κ1) is 22.0. The van der Waals surface area contributed by atoms with Gasteiger partial charge in [-0.25, -0.2) is 13.2 Å². The lowest BCUT2D eigenvalue weighted by Crippen LogP contribution is -2.35. The number of amides is 1. The Bertz CT molecular complexity index is 1080. The van der Waals surface area contributed by atoms with Crippen molar-refractivity contribution < 1.29 is 22.7 Å². The Morgan fingerprint density at radius 3 is 2.61 bits per heavy atom. The summed E-state index contributed by atoms with van der Waals surface area (Å²) >= 11 is 1.29. The quantitative estimate of drug-likeness (QED) is 0.622. The first-order valence-corrected chi connectivity index (χ1v) is 12.9. The number of carbonyl (C=O) groups is 2. The highest BCUT2D eigenvalue weighted by Crippen LogP contribution is 2.46. The molecule has 1 amide bonds. The molecule has 9 heteroatoms. The number of anilines is 1. The molecule has 2 fully saturated rings. The summed E-state index contributed by atoms with van der Waals surface area (Å²) in [6, 6.07) is 6.06. The van der Waals surface area contributed by atoms with Gasteiger partial charge in [-0.15, -0.1) is 11.3 Å². The van der Waals surface area contributed by atoms with Gasteiger partial charge in [0.15, 0.2) is 0 Å². The average molecular weight is 463 g/mol. The van der Waals surface area contributed by atoms with E-state index in [-0.39, 0.29) is 17.1 Å². The number of nitrogens with one attached hydrogen (secondary N) is 1. The number of sulfonamides is 1. The number of thiophene rings is 1. The van der Waals surface area contributed by atoms with Crippen LogP contribution < -0.4 is 5.32 Å². The molecule has 1 aliphatic carbocycles. The van der Waals surface area contributed by atoms with E-state index >= 15 is 0 Å². The van der Waals surface area contributed by atoms with Gasteiger partial charge < -0.3 is 10.1 Å². The standard InChI is InChI=1S/C22H26N2O5S2/c1-2-29-22(26)19-18(15-9-10-15)14-30-21(19)23-20(25)16-7-6-8-17(13-16)31(27,28)24-11-4-3-5-12-24/h6-8,13-15H,2-5,9-12H2,1H3,(H,23,25). The summed E-state index contributed by atoms with van der Waals surface area (Å²) in [4.78, 5) is 25.5. The second kappa shape index (κ2) is 9.10. The molecule has 1 aliphatic heterocycles. The molecule has 0 spiro atoms. The van der Waals surface area contributed by atoms with Gasteiger partial charge in [0.25, 0.3) is 5.91 Å². The molecule has 0 bridgehead atoms. The fraction of sp³-hybridized carbons (Fsp3) is 0.455. The number of rotatable bonds is 7. The molecule has 1 aromatic heterocycles. The second-order valence-electron chi connectivity index (χ2n) is 7.84. The number of piperidine rings is 1. The molecule has 2 aliphatic rings. The maximum absolute atomic E-state index is 13.0. The number of hydrogen-bond acceptors (Lipinski definition) is 6. The molecule has 2 heterocycles. The zero-order valence-electron chi connectivity index (χ0n) is 17.4. The molecule has 0 atom stereocenters. The number of carbonyl (C=O) groups excluding carboxylic acids is 2. The third-order valence-electron chi connectivity index (χ3n) is 5.59. The molecule has 1 saturated heterocycles. The Balaban J connectivity index is 1.57. The van der Waals surface area contributed by atoms with Gasteiger partial charge in [-0.05, 0) is 67.7 Å². The number of esters is 1. The summed E-state index contributed by atoms with van der Waals surface area (Å²) in [5.74, 6) is -0.563. The predicted octanol–water partition coefficient (Wildman–Crippen LogP) is 4.23. The van der Waals surface area contributed by atoms with E-state index in [2.05, 4.69) is 5.32 Å².